The maximum atomic E-state index is 11.7. The minimum absolute atomic E-state index is 0. The van der Waals surface area contributed by atoms with E-state index in [4.69, 9.17) is 14.9 Å². The number of allylic oxidation sites excluding steroid dienone is 1. The van der Waals surface area contributed by atoms with Crippen molar-refractivity contribution in [1.82, 2.24) is 0 Å². The Balaban J connectivity index is 0. The molecular formula is C57H72Br4O9. The van der Waals surface area contributed by atoms with Crippen LogP contribution in [0.4, 0.5) is 0 Å². The van der Waals surface area contributed by atoms with Crippen LogP contribution in [-0.2, 0) is 33.6 Å². The highest BCUT2D eigenvalue weighted by Gasteiger charge is 2.18. The SMILES string of the molecule is C.C.C.C.COC(=O)c1ccc2c(c1)CCCCC2=O.COc1cccc(Br)c1.O=C(O)CC/C=C/c1cccc(Br)c1.O=C(O)CCCCc1cccc(Br)c1.O=C1CCCCc2cc(Br)ccc21. The van der Waals surface area contributed by atoms with E-state index in [1.54, 1.807) is 25.3 Å². The van der Waals surface area contributed by atoms with Crippen LogP contribution in [0, 0.1) is 0 Å². The molecule has 0 heterocycles. The van der Waals surface area contributed by atoms with Crippen LogP contribution in [0.25, 0.3) is 6.08 Å². The first-order valence-electron chi connectivity index (χ1n) is 21.6. The van der Waals surface area contributed by atoms with Gasteiger partial charge < -0.3 is 19.7 Å². The van der Waals surface area contributed by atoms with Gasteiger partial charge in [-0.25, -0.2) is 4.79 Å². The first-order chi connectivity index (χ1) is 31.7. The first-order valence-corrected chi connectivity index (χ1v) is 24.8. The Kier molecular flexibility index (Phi) is 36.6. The Morgan fingerprint density at radius 2 is 1.09 bits per heavy atom. The number of unbranched alkanes of at least 4 members (excludes halogenated alkanes) is 1. The molecule has 5 aromatic carbocycles. The molecule has 0 aromatic heterocycles. The Bertz CT molecular complexity index is 2400. The summed E-state index contributed by atoms with van der Waals surface area (Å²) in [6.45, 7) is 0. The number of rotatable bonds is 11. The van der Waals surface area contributed by atoms with E-state index in [1.165, 1.54) is 18.2 Å². The molecular weight excluding hydrogens is 1150 g/mol. The molecule has 2 aliphatic rings. The highest BCUT2D eigenvalue weighted by molar-refractivity contribution is 9.11. The molecule has 0 unspecified atom stereocenters. The second-order valence-electron chi connectivity index (χ2n) is 15.2. The highest BCUT2D eigenvalue weighted by Crippen LogP contribution is 2.25. The summed E-state index contributed by atoms with van der Waals surface area (Å²) >= 11 is 13.5. The van der Waals surface area contributed by atoms with E-state index >= 15 is 0 Å². The molecule has 0 radical (unpaired) electrons. The molecule has 9 nitrogen and oxygen atoms in total. The number of esters is 1. The number of carbonyl (C=O) groups excluding carboxylic acids is 3. The van der Waals surface area contributed by atoms with Crippen molar-refractivity contribution in [3.63, 3.8) is 0 Å². The number of aryl methyl sites for hydroxylation is 3. The largest absolute Gasteiger partial charge is 0.497 e. The van der Waals surface area contributed by atoms with Gasteiger partial charge in [-0.15, -0.1) is 0 Å². The molecule has 0 fully saturated rings. The molecule has 2 aliphatic carbocycles. The molecule has 70 heavy (non-hydrogen) atoms. The average molecular weight is 1220 g/mol. The van der Waals surface area contributed by atoms with Crippen LogP contribution in [0.1, 0.15) is 154 Å². The number of hydrogen-bond acceptors (Lipinski definition) is 7. The van der Waals surface area contributed by atoms with Crippen LogP contribution in [0.5, 0.6) is 5.75 Å². The lowest BCUT2D eigenvalue weighted by molar-refractivity contribution is -0.138. The molecule has 0 saturated heterocycles. The summed E-state index contributed by atoms with van der Waals surface area (Å²) in [6, 6.07) is 34.8. The number of ketones is 2. The van der Waals surface area contributed by atoms with Crippen molar-refractivity contribution in [2.75, 3.05) is 14.2 Å². The number of carboxylic acid groups (broad SMARTS) is 2. The topological polar surface area (TPSA) is 144 Å². The third-order valence-electron chi connectivity index (χ3n) is 10.1. The lowest BCUT2D eigenvalue weighted by Gasteiger charge is -2.06. The van der Waals surface area contributed by atoms with Crippen molar-refractivity contribution < 1.29 is 43.7 Å². The second kappa shape index (κ2) is 38.0. The number of carbonyl (C=O) groups is 5. The number of Topliss-reactive ketones (excluding diaryl/α,β-unsaturated/α-hetero) is 2. The average Bonchev–Trinajstić information content (AvgIpc) is 3.60. The molecule has 0 aliphatic heterocycles. The number of carboxylic acids is 2. The fourth-order valence-electron chi connectivity index (χ4n) is 6.76. The van der Waals surface area contributed by atoms with Gasteiger partial charge in [-0.1, -0.05) is 148 Å². The van der Waals surface area contributed by atoms with Gasteiger partial charge in [0.2, 0.25) is 0 Å². The molecule has 0 atom stereocenters. The molecule has 2 N–H and O–H groups in total. The van der Waals surface area contributed by atoms with Gasteiger partial charge in [0.1, 0.15) is 5.75 Å². The van der Waals surface area contributed by atoms with Crippen LogP contribution in [-0.4, -0.2) is 53.9 Å². The number of aliphatic carboxylic acids is 2. The summed E-state index contributed by atoms with van der Waals surface area (Å²) < 4.78 is 13.8. The highest BCUT2D eigenvalue weighted by atomic mass is 79.9. The second-order valence-corrected chi connectivity index (χ2v) is 18.9. The van der Waals surface area contributed by atoms with Gasteiger partial charge in [0, 0.05) is 54.7 Å². The summed E-state index contributed by atoms with van der Waals surface area (Å²) in [5.74, 6) is -0.448. The Morgan fingerprint density at radius 1 is 0.571 bits per heavy atom. The maximum Gasteiger partial charge on any atom is 0.337 e. The van der Waals surface area contributed by atoms with Crippen molar-refractivity contribution in [1.29, 1.82) is 0 Å². The molecule has 0 spiro atoms. The molecule has 382 valence electrons. The van der Waals surface area contributed by atoms with Crippen LogP contribution in [0.3, 0.4) is 0 Å². The van der Waals surface area contributed by atoms with Crippen molar-refractivity contribution in [3.8, 4) is 5.75 Å². The summed E-state index contributed by atoms with van der Waals surface area (Å²) in [5.41, 5.74) is 6.73. The summed E-state index contributed by atoms with van der Waals surface area (Å²) in [4.78, 5) is 55.2. The fourth-order valence-corrected chi connectivity index (χ4v) is 8.41. The van der Waals surface area contributed by atoms with E-state index in [-0.39, 0.29) is 54.3 Å². The van der Waals surface area contributed by atoms with Gasteiger partial charge >= 0.3 is 17.9 Å². The van der Waals surface area contributed by atoms with E-state index in [1.807, 2.05) is 84.9 Å². The number of methoxy groups -OCH3 is 2. The standard InChI is InChI=1S/C13H14O3.C11H13BrO2.C11H11BrO2.C11H11BrO.C7H7BrO.4CH4/c1-16-13(15)10-6-7-11-9(8-10)4-2-3-5-12(11)14;2*12-10-6-3-5-9(8-10)4-1-2-7-11(13)14;12-9-5-6-10-8(7-9)3-1-2-4-11(10)13;1-9-7-4-2-3-6(8)5-7;;;;/h6-8H,2-5H2,1H3;3,5-6,8H,1-2,4,7H2,(H,13,14);1,3-6,8H,2,7H2,(H,13,14);5-7H,1-4H2;2-5H,1H3;4*1H4/b;;4-1+;;;;;;. The van der Waals surface area contributed by atoms with Crippen molar-refractivity contribution >= 4 is 99.3 Å². The minimum Gasteiger partial charge on any atom is -0.497 e. The number of benzene rings is 5. The molecule has 0 saturated carbocycles. The van der Waals surface area contributed by atoms with Gasteiger partial charge in [0.25, 0.3) is 0 Å². The maximum absolute atomic E-state index is 11.7. The zero-order chi connectivity index (χ0) is 48.3. The monoisotopic (exact) mass is 1220 g/mol. The molecule has 13 heteroatoms. The van der Waals surface area contributed by atoms with Gasteiger partial charge in [-0.3, -0.25) is 19.2 Å². The van der Waals surface area contributed by atoms with E-state index in [0.717, 1.165) is 104 Å². The molecule has 7 rings (SSSR count). The van der Waals surface area contributed by atoms with Crippen molar-refractivity contribution in [2.24, 2.45) is 0 Å². The van der Waals surface area contributed by atoms with Crippen LogP contribution < -0.4 is 4.74 Å². The fraction of sp³-hybridized carbons (Fsp3) is 0.351. The summed E-state index contributed by atoms with van der Waals surface area (Å²) in [7, 11) is 3.01. The number of halogens is 4. The summed E-state index contributed by atoms with van der Waals surface area (Å²) in [5, 5.41) is 16.9. The Labute approximate surface area is 451 Å². The van der Waals surface area contributed by atoms with Crippen LogP contribution >= 0.6 is 63.7 Å². The smallest absolute Gasteiger partial charge is 0.337 e. The van der Waals surface area contributed by atoms with E-state index in [0.29, 0.717) is 30.6 Å². The van der Waals surface area contributed by atoms with Gasteiger partial charge in [0.05, 0.1) is 19.8 Å². The van der Waals surface area contributed by atoms with Crippen molar-refractivity contribution in [3.05, 3.63) is 172 Å². The number of hydrogen-bond donors (Lipinski definition) is 2. The predicted molar refractivity (Wildman–Crippen MR) is 303 cm³/mol. The zero-order valence-corrected chi connectivity index (χ0v) is 43.6. The third-order valence-corrected chi connectivity index (χ3v) is 12.1. The quantitative estimate of drug-likeness (QED) is 0.0750. The lowest BCUT2D eigenvalue weighted by Crippen LogP contribution is -2.05. The van der Waals surface area contributed by atoms with Crippen LogP contribution in [0.2, 0.25) is 0 Å². The third kappa shape index (κ3) is 27.1. The molecule has 0 amide bonds. The first kappa shape index (κ1) is 67.4. The zero-order valence-electron chi connectivity index (χ0n) is 37.2. The Morgan fingerprint density at radius 3 is 1.61 bits per heavy atom. The van der Waals surface area contributed by atoms with Crippen molar-refractivity contribution in [2.45, 2.75) is 120 Å². The van der Waals surface area contributed by atoms with Gasteiger partial charge in [0.15, 0.2) is 11.6 Å². The number of fused-ring (bicyclic) bond motifs is 2. The van der Waals surface area contributed by atoms with Gasteiger partial charge in [-0.05, 0) is 153 Å². The number of ether oxygens (including phenoxy) is 2. The Hall–Kier alpha value is -4.69. The predicted octanol–water partition coefficient (Wildman–Crippen LogP) is 17.3. The van der Waals surface area contributed by atoms with Crippen LogP contribution in [0.15, 0.2) is 133 Å². The van der Waals surface area contributed by atoms with Gasteiger partial charge in [-0.2, -0.15) is 0 Å². The molecule has 5 aromatic rings. The summed E-state index contributed by atoms with van der Waals surface area (Å²) in [6.07, 6.45) is 14.8. The minimum atomic E-state index is -0.760. The van der Waals surface area contributed by atoms with E-state index in [9.17, 15) is 24.0 Å². The lowest BCUT2D eigenvalue weighted by atomic mass is 9.99. The normalized spacial score (nSPS) is 11.9. The van der Waals surface area contributed by atoms with E-state index < -0.39 is 11.9 Å². The molecule has 0 bridgehead atoms. The van der Waals surface area contributed by atoms with E-state index in [2.05, 4.69) is 86.7 Å².